The van der Waals surface area contributed by atoms with Gasteiger partial charge in [0.2, 0.25) is 5.03 Å². The molecular weight excluding hydrogens is 219 g/mol. The predicted molar refractivity (Wildman–Crippen MR) is 45.9 cm³/mol. The fourth-order valence-corrected chi connectivity index (χ4v) is 2.18. The SMILES string of the molecule is CCn1nc(C)c(Cl)c1S(=O)(=O)F. The van der Waals surface area contributed by atoms with E-state index in [1.165, 1.54) is 6.92 Å². The molecule has 0 spiro atoms. The molecule has 74 valence electrons. The molecule has 4 nitrogen and oxygen atoms in total. The van der Waals surface area contributed by atoms with Crippen molar-refractivity contribution in [2.75, 3.05) is 0 Å². The van der Waals surface area contributed by atoms with Crippen LogP contribution in [-0.4, -0.2) is 18.2 Å². The van der Waals surface area contributed by atoms with Gasteiger partial charge >= 0.3 is 10.2 Å². The van der Waals surface area contributed by atoms with Crippen LogP contribution in [0.15, 0.2) is 5.03 Å². The van der Waals surface area contributed by atoms with E-state index in [-0.39, 0.29) is 11.6 Å². The van der Waals surface area contributed by atoms with Crippen LogP contribution in [0, 0.1) is 6.92 Å². The molecule has 1 aromatic rings. The molecule has 0 aromatic carbocycles. The summed E-state index contributed by atoms with van der Waals surface area (Å²) in [5, 5.41) is 3.05. The Labute approximate surface area is 80.5 Å². The van der Waals surface area contributed by atoms with Crippen molar-refractivity contribution in [3.8, 4) is 0 Å². The number of aryl methyl sites for hydroxylation is 2. The second-order valence-corrected chi connectivity index (χ2v) is 4.10. The molecule has 0 atom stereocenters. The third-order valence-corrected chi connectivity index (χ3v) is 2.98. The highest BCUT2D eigenvalue weighted by molar-refractivity contribution is 7.86. The molecule has 0 aliphatic carbocycles. The Balaban J connectivity index is 3.51. The lowest BCUT2D eigenvalue weighted by Gasteiger charge is -1.98. The van der Waals surface area contributed by atoms with Crippen molar-refractivity contribution in [1.29, 1.82) is 0 Å². The van der Waals surface area contributed by atoms with Crippen molar-refractivity contribution in [2.45, 2.75) is 25.4 Å². The number of hydrogen-bond acceptors (Lipinski definition) is 3. The maximum atomic E-state index is 12.7. The molecule has 0 N–H and O–H groups in total. The first-order valence-electron chi connectivity index (χ1n) is 3.55. The summed E-state index contributed by atoms with van der Waals surface area (Å²) in [6.45, 7) is 3.42. The van der Waals surface area contributed by atoms with Crippen molar-refractivity contribution >= 4 is 21.8 Å². The minimum absolute atomic E-state index is 0.149. The number of hydrogen-bond donors (Lipinski definition) is 0. The van der Waals surface area contributed by atoms with Gasteiger partial charge in [-0.15, -0.1) is 0 Å². The average molecular weight is 227 g/mol. The second kappa shape index (κ2) is 3.26. The van der Waals surface area contributed by atoms with Crippen LogP contribution in [0.5, 0.6) is 0 Å². The normalized spacial score (nSPS) is 12.0. The number of halogens is 2. The van der Waals surface area contributed by atoms with E-state index >= 15 is 0 Å². The molecule has 1 aromatic heterocycles. The summed E-state index contributed by atoms with van der Waals surface area (Å²) in [4.78, 5) is 0. The number of aromatic nitrogens is 2. The zero-order chi connectivity index (χ0) is 10.2. The minimum atomic E-state index is -4.79. The van der Waals surface area contributed by atoms with E-state index in [4.69, 9.17) is 11.6 Å². The van der Waals surface area contributed by atoms with Gasteiger partial charge in [0.25, 0.3) is 0 Å². The van der Waals surface area contributed by atoms with Gasteiger partial charge in [0.15, 0.2) is 0 Å². The molecule has 0 aliphatic heterocycles. The van der Waals surface area contributed by atoms with E-state index in [2.05, 4.69) is 5.10 Å². The second-order valence-electron chi connectivity index (χ2n) is 2.46. The van der Waals surface area contributed by atoms with E-state index in [1.54, 1.807) is 6.92 Å². The van der Waals surface area contributed by atoms with Gasteiger partial charge < -0.3 is 0 Å². The van der Waals surface area contributed by atoms with Crippen molar-refractivity contribution in [2.24, 2.45) is 0 Å². The largest absolute Gasteiger partial charge is 0.350 e. The first kappa shape index (κ1) is 10.5. The molecular formula is C6H8ClFN2O2S. The zero-order valence-corrected chi connectivity index (χ0v) is 8.65. The van der Waals surface area contributed by atoms with Crippen LogP contribution in [0.25, 0.3) is 0 Å². The standard InChI is InChI=1S/C6H8ClFN2O2S/c1-3-10-6(13(8,11)12)5(7)4(2)9-10/h3H2,1-2H3. The molecule has 1 heterocycles. The van der Waals surface area contributed by atoms with Gasteiger partial charge in [-0.3, -0.25) is 4.68 Å². The summed E-state index contributed by atoms with van der Waals surface area (Å²) in [5.41, 5.74) is 0.305. The first-order valence-corrected chi connectivity index (χ1v) is 5.31. The number of nitrogens with zero attached hydrogens (tertiary/aromatic N) is 2. The summed E-state index contributed by atoms with van der Waals surface area (Å²) in [7, 11) is -4.79. The highest BCUT2D eigenvalue weighted by atomic mass is 35.5. The van der Waals surface area contributed by atoms with Crippen LogP contribution in [0.1, 0.15) is 12.6 Å². The van der Waals surface area contributed by atoms with Crippen molar-refractivity contribution in [3.63, 3.8) is 0 Å². The summed E-state index contributed by atoms with van der Waals surface area (Å²) in [6, 6.07) is 0. The maximum Gasteiger partial charge on any atom is 0.350 e. The molecule has 0 fully saturated rings. The average Bonchev–Trinajstić information content (AvgIpc) is 2.26. The molecule has 7 heteroatoms. The summed E-state index contributed by atoms with van der Waals surface area (Å²) in [5.74, 6) is 0. The van der Waals surface area contributed by atoms with Gasteiger partial charge in [-0.05, 0) is 13.8 Å². The van der Waals surface area contributed by atoms with Crippen LogP contribution in [0.2, 0.25) is 5.02 Å². The van der Waals surface area contributed by atoms with Gasteiger partial charge in [-0.25, -0.2) is 0 Å². The van der Waals surface area contributed by atoms with Crippen LogP contribution in [-0.2, 0) is 16.8 Å². The van der Waals surface area contributed by atoms with E-state index < -0.39 is 15.2 Å². The van der Waals surface area contributed by atoms with E-state index in [0.29, 0.717) is 5.69 Å². The highest BCUT2D eigenvalue weighted by Crippen LogP contribution is 2.25. The Morgan fingerprint density at radius 1 is 1.62 bits per heavy atom. The summed E-state index contributed by atoms with van der Waals surface area (Å²) in [6.07, 6.45) is 0. The van der Waals surface area contributed by atoms with Gasteiger partial charge in [0, 0.05) is 6.54 Å². The molecule has 13 heavy (non-hydrogen) atoms. The topological polar surface area (TPSA) is 52.0 Å². The fourth-order valence-electron chi connectivity index (χ4n) is 0.986. The summed E-state index contributed by atoms with van der Waals surface area (Å²) < 4.78 is 35.0. The van der Waals surface area contributed by atoms with E-state index in [1.807, 2.05) is 0 Å². The van der Waals surface area contributed by atoms with Crippen molar-refractivity contribution in [1.82, 2.24) is 9.78 Å². The Bertz CT molecular complexity index is 426. The molecule has 0 bridgehead atoms. The van der Waals surface area contributed by atoms with Crippen LogP contribution < -0.4 is 0 Å². The van der Waals surface area contributed by atoms with Gasteiger partial charge in [0.1, 0.15) is 5.02 Å². The van der Waals surface area contributed by atoms with Gasteiger partial charge in [-0.1, -0.05) is 15.5 Å². The van der Waals surface area contributed by atoms with Crippen molar-refractivity contribution < 1.29 is 12.3 Å². The van der Waals surface area contributed by atoms with Crippen molar-refractivity contribution in [3.05, 3.63) is 10.7 Å². The summed E-state index contributed by atoms with van der Waals surface area (Å²) >= 11 is 5.57. The molecule has 0 saturated heterocycles. The lowest BCUT2D eigenvalue weighted by Crippen LogP contribution is -2.05. The molecule has 0 saturated carbocycles. The first-order chi connectivity index (χ1) is 5.88. The third kappa shape index (κ3) is 1.83. The predicted octanol–water partition coefficient (Wildman–Crippen LogP) is 1.52. The van der Waals surface area contributed by atoms with E-state index in [9.17, 15) is 12.3 Å². The van der Waals surface area contributed by atoms with E-state index in [0.717, 1.165) is 4.68 Å². The smallest absolute Gasteiger partial charge is 0.251 e. The molecule has 0 aliphatic rings. The zero-order valence-electron chi connectivity index (χ0n) is 7.08. The Hall–Kier alpha value is -0.620. The Morgan fingerprint density at radius 2 is 2.15 bits per heavy atom. The third-order valence-electron chi connectivity index (χ3n) is 1.54. The van der Waals surface area contributed by atoms with Gasteiger partial charge in [0.05, 0.1) is 5.69 Å². The highest BCUT2D eigenvalue weighted by Gasteiger charge is 2.24. The number of rotatable bonds is 2. The maximum absolute atomic E-state index is 12.7. The molecule has 1 rings (SSSR count). The molecule has 0 unspecified atom stereocenters. The Morgan fingerprint density at radius 3 is 2.46 bits per heavy atom. The lowest BCUT2D eigenvalue weighted by atomic mass is 10.5. The van der Waals surface area contributed by atoms with Crippen LogP contribution in [0.4, 0.5) is 3.89 Å². The monoisotopic (exact) mass is 226 g/mol. The van der Waals surface area contributed by atoms with Crippen LogP contribution in [0.3, 0.4) is 0 Å². The Kier molecular flexibility index (Phi) is 2.63. The quantitative estimate of drug-likeness (QED) is 0.719. The fraction of sp³-hybridized carbons (Fsp3) is 0.500. The molecule has 0 radical (unpaired) electrons. The minimum Gasteiger partial charge on any atom is -0.251 e. The molecule has 0 amide bonds. The lowest BCUT2D eigenvalue weighted by molar-refractivity contribution is 0.520. The van der Waals surface area contributed by atoms with Gasteiger partial charge in [-0.2, -0.15) is 13.5 Å². The van der Waals surface area contributed by atoms with Crippen LogP contribution >= 0.6 is 11.6 Å².